The molecular formula is C22H16F3N3O3. The molecule has 5 rings (SSSR count). The number of carbonyl (C=O) groups is 1. The monoisotopic (exact) mass is 427 g/mol. The lowest BCUT2D eigenvalue weighted by Gasteiger charge is -2.33. The van der Waals surface area contributed by atoms with E-state index in [9.17, 15) is 22.8 Å². The molecule has 2 N–H and O–H groups in total. The number of aromatic nitrogens is 2. The number of pyridine rings is 1. The molecule has 1 aliphatic rings. The van der Waals surface area contributed by atoms with Crippen LogP contribution in [0.1, 0.15) is 27.8 Å². The van der Waals surface area contributed by atoms with Gasteiger partial charge in [0, 0.05) is 29.2 Å². The third kappa shape index (κ3) is 3.09. The Morgan fingerprint density at radius 3 is 2.58 bits per heavy atom. The number of nitrogens with zero attached hydrogens (tertiary/aromatic N) is 1. The normalized spacial score (nSPS) is 15.9. The number of rotatable bonds is 2. The van der Waals surface area contributed by atoms with Gasteiger partial charge in [-0.15, -0.1) is 0 Å². The first-order valence-corrected chi connectivity index (χ1v) is 9.50. The second-order valence-corrected chi connectivity index (χ2v) is 7.52. The third-order valence-electron chi connectivity index (χ3n) is 5.64. The summed E-state index contributed by atoms with van der Waals surface area (Å²) >= 11 is 0. The number of carbonyl (C=O) groups excluding carboxylic acids is 1. The van der Waals surface area contributed by atoms with E-state index >= 15 is 0 Å². The van der Waals surface area contributed by atoms with Crippen LogP contribution in [-0.4, -0.2) is 34.4 Å². The number of likely N-dealkylation sites (N-methyl/N-ethyl adjacent to an activating group) is 1. The molecule has 1 amide bonds. The molecule has 1 aliphatic heterocycles. The fourth-order valence-corrected chi connectivity index (χ4v) is 4.09. The molecule has 4 aromatic rings. The first-order valence-electron chi connectivity index (χ1n) is 9.50. The molecule has 31 heavy (non-hydrogen) atoms. The van der Waals surface area contributed by atoms with E-state index in [4.69, 9.17) is 4.74 Å². The van der Waals surface area contributed by atoms with Gasteiger partial charge >= 0.3 is 0 Å². The number of hydrogen-bond acceptors (Lipinski definition) is 3. The molecule has 0 aliphatic carbocycles. The van der Waals surface area contributed by atoms with Gasteiger partial charge in [0.25, 0.3) is 11.5 Å². The van der Waals surface area contributed by atoms with Crippen LogP contribution < -0.4 is 5.56 Å². The van der Waals surface area contributed by atoms with Crippen molar-refractivity contribution in [3.63, 3.8) is 0 Å². The van der Waals surface area contributed by atoms with Gasteiger partial charge in [-0.05, 0) is 41.8 Å². The summed E-state index contributed by atoms with van der Waals surface area (Å²) in [7, 11) is 1.55. The molecule has 2 aromatic carbocycles. The van der Waals surface area contributed by atoms with Crippen LogP contribution in [0.25, 0.3) is 21.7 Å². The van der Waals surface area contributed by atoms with Crippen LogP contribution in [0.3, 0.4) is 0 Å². The minimum absolute atomic E-state index is 0.00788. The van der Waals surface area contributed by atoms with Crippen molar-refractivity contribution < 1.29 is 22.7 Å². The van der Waals surface area contributed by atoms with Gasteiger partial charge < -0.3 is 19.6 Å². The summed E-state index contributed by atoms with van der Waals surface area (Å²) in [6, 6.07) is 6.93. The Hall–Kier alpha value is -3.59. The highest BCUT2D eigenvalue weighted by atomic mass is 19.2. The Kier molecular flexibility index (Phi) is 4.37. The zero-order valence-electron chi connectivity index (χ0n) is 16.3. The van der Waals surface area contributed by atoms with Crippen molar-refractivity contribution in [2.24, 2.45) is 0 Å². The van der Waals surface area contributed by atoms with Crippen LogP contribution in [-0.2, 0) is 11.3 Å². The van der Waals surface area contributed by atoms with Crippen LogP contribution in [0.4, 0.5) is 13.2 Å². The molecule has 0 unspecified atom stereocenters. The predicted molar refractivity (Wildman–Crippen MR) is 107 cm³/mol. The van der Waals surface area contributed by atoms with Gasteiger partial charge in [0.15, 0.2) is 11.6 Å². The average Bonchev–Trinajstić information content (AvgIpc) is 3.17. The summed E-state index contributed by atoms with van der Waals surface area (Å²) in [5.74, 6) is -3.05. The zero-order chi connectivity index (χ0) is 21.9. The standard InChI is InChI=1S/C22H16F3N3O3/c1-28(22(30)17-4-10-2-3-11(23)5-16(10)26-17)19-9-31-8-18-20(19)12-6-14(24)15(25)7-13(12)21(29)27-18/h2-7,19,26H,8-9H2,1H3,(H,27,29)/t19-/m0/s1. The van der Waals surface area contributed by atoms with E-state index in [1.165, 1.54) is 17.0 Å². The van der Waals surface area contributed by atoms with E-state index in [1.54, 1.807) is 19.2 Å². The summed E-state index contributed by atoms with van der Waals surface area (Å²) in [5, 5.41) is 0.890. The Labute approximate surface area is 173 Å². The molecule has 0 saturated carbocycles. The fraction of sp³-hybridized carbons (Fsp3) is 0.182. The van der Waals surface area contributed by atoms with Crippen LogP contribution in [0, 0.1) is 17.5 Å². The molecule has 0 fully saturated rings. The molecule has 3 heterocycles. The van der Waals surface area contributed by atoms with E-state index in [2.05, 4.69) is 9.97 Å². The maximum absolute atomic E-state index is 14.0. The zero-order valence-corrected chi connectivity index (χ0v) is 16.3. The van der Waals surface area contributed by atoms with Crippen molar-refractivity contribution >= 4 is 27.6 Å². The number of ether oxygens (including phenoxy) is 1. The van der Waals surface area contributed by atoms with Crippen molar-refractivity contribution in [2.45, 2.75) is 12.6 Å². The first-order chi connectivity index (χ1) is 14.8. The third-order valence-corrected chi connectivity index (χ3v) is 5.64. The molecule has 2 aromatic heterocycles. The lowest BCUT2D eigenvalue weighted by Crippen LogP contribution is -2.37. The van der Waals surface area contributed by atoms with Gasteiger partial charge in [0.1, 0.15) is 11.5 Å². The molecule has 0 spiro atoms. The molecule has 9 heteroatoms. The maximum atomic E-state index is 14.0. The number of amides is 1. The molecule has 158 valence electrons. The number of benzene rings is 2. The van der Waals surface area contributed by atoms with E-state index in [-0.39, 0.29) is 29.7 Å². The molecule has 1 atom stereocenters. The Bertz CT molecular complexity index is 1430. The van der Waals surface area contributed by atoms with Crippen molar-refractivity contribution in [1.82, 2.24) is 14.9 Å². The van der Waals surface area contributed by atoms with Crippen molar-refractivity contribution in [2.75, 3.05) is 13.7 Å². The Balaban J connectivity index is 1.61. The van der Waals surface area contributed by atoms with E-state index in [0.29, 0.717) is 22.2 Å². The molecule has 0 radical (unpaired) electrons. The summed E-state index contributed by atoms with van der Waals surface area (Å²) < 4.78 is 46.8. The van der Waals surface area contributed by atoms with Crippen molar-refractivity contribution in [3.8, 4) is 0 Å². The highest BCUT2D eigenvalue weighted by Gasteiger charge is 2.32. The van der Waals surface area contributed by atoms with Gasteiger partial charge in [0.2, 0.25) is 0 Å². The number of hydrogen-bond donors (Lipinski definition) is 2. The fourth-order valence-electron chi connectivity index (χ4n) is 4.09. The molecular weight excluding hydrogens is 411 g/mol. The van der Waals surface area contributed by atoms with Gasteiger partial charge in [-0.25, -0.2) is 13.2 Å². The molecule has 0 saturated heterocycles. The average molecular weight is 427 g/mol. The van der Waals surface area contributed by atoms with E-state index in [0.717, 1.165) is 12.1 Å². The lowest BCUT2D eigenvalue weighted by atomic mass is 9.95. The minimum atomic E-state index is -1.13. The van der Waals surface area contributed by atoms with E-state index in [1.807, 2.05) is 0 Å². The predicted octanol–water partition coefficient (Wildman–Crippen LogP) is 3.77. The van der Waals surface area contributed by atoms with Crippen LogP contribution in [0.15, 0.2) is 41.2 Å². The minimum Gasteiger partial charge on any atom is -0.373 e. The van der Waals surface area contributed by atoms with Crippen LogP contribution in [0.5, 0.6) is 0 Å². The number of fused-ring (bicyclic) bond motifs is 4. The Morgan fingerprint density at radius 1 is 1.06 bits per heavy atom. The topological polar surface area (TPSA) is 78.2 Å². The smallest absolute Gasteiger partial charge is 0.270 e. The maximum Gasteiger partial charge on any atom is 0.270 e. The summed E-state index contributed by atoms with van der Waals surface area (Å²) in [5.41, 5.74) is 1.05. The quantitative estimate of drug-likeness (QED) is 0.511. The first kappa shape index (κ1) is 19.4. The highest BCUT2D eigenvalue weighted by molar-refractivity contribution is 5.98. The molecule has 0 bridgehead atoms. The number of nitrogens with one attached hydrogen (secondary N) is 2. The van der Waals surface area contributed by atoms with Gasteiger partial charge in [0.05, 0.1) is 24.6 Å². The summed E-state index contributed by atoms with van der Waals surface area (Å²) in [6.07, 6.45) is 0. The lowest BCUT2D eigenvalue weighted by molar-refractivity contribution is 0.0333. The second kappa shape index (κ2) is 6.98. The SMILES string of the molecule is CN(C(=O)c1cc2ccc(F)cc2[nH]1)[C@H]1COCc2[nH]c(=O)c3cc(F)c(F)cc3c21. The van der Waals surface area contributed by atoms with Crippen LogP contribution in [0.2, 0.25) is 0 Å². The summed E-state index contributed by atoms with van der Waals surface area (Å²) in [4.78, 5) is 32.5. The van der Waals surface area contributed by atoms with Gasteiger partial charge in [-0.3, -0.25) is 9.59 Å². The Morgan fingerprint density at radius 2 is 1.81 bits per heavy atom. The second-order valence-electron chi connectivity index (χ2n) is 7.52. The number of aromatic amines is 2. The van der Waals surface area contributed by atoms with Crippen LogP contribution >= 0.6 is 0 Å². The molecule has 6 nitrogen and oxygen atoms in total. The summed E-state index contributed by atoms with van der Waals surface area (Å²) in [6.45, 7) is 0.175. The van der Waals surface area contributed by atoms with Gasteiger partial charge in [-0.2, -0.15) is 0 Å². The largest absolute Gasteiger partial charge is 0.373 e. The van der Waals surface area contributed by atoms with Crippen molar-refractivity contribution in [3.05, 3.63) is 81.2 Å². The highest BCUT2D eigenvalue weighted by Crippen LogP contribution is 2.34. The number of halogens is 3. The van der Waals surface area contributed by atoms with E-state index < -0.39 is 35.0 Å². The van der Waals surface area contributed by atoms with Gasteiger partial charge in [-0.1, -0.05) is 0 Å². The number of H-pyrrole nitrogens is 2. The van der Waals surface area contributed by atoms with Crippen molar-refractivity contribution in [1.29, 1.82) is 0 Å².